The number of nitrogen functional groups attached to an aromatic ring is 1. The first-order valence-corrected chi connectivity index (χ1v) is 6.05. The summed E-state index contributed by atoms with van der Waals surface area (Å²) >= 11 is 0. The first-order valence-electron chi connectivity index (χ1n) is 6.05. The number of anilines is 2. The van der Waals surface area contributed by atoms with Crippen LogP contribution in [-0.2, 0) is 0 Å². The van der Waals surface area contributed by atoms with E-state index in [4.69, 9.17) is 11.5 Å². The molecule has 20 heavy (non-hydrogen) atoms. The van der Waals surface area contributed by atoms with E-state index in [1.54, 1.807) is 42.5 Å². The van der Waals surface area contributed by atoms with Crippen LogP contribution < -0.4 is 16.8 Å². The van der Waals surface area contributed by atoms with E-state index in [9.17, 15) is 9.59 Å². The molecule has 0 unspecified atom stereocenters. The summed E-state index contributed by atoms with van der Waals surface area (Å²) in [6.45, 7) is 1.86. The van der Waals surface area contributed by atoms with E-state index in [0.29, 0.717) is 16.9 Å². The zero-order chi connectivity index (χ0) is 14.7. The van der Waals surface area contributed by atoms with Gasteiger partial charge in [0.25, 0.3) is 11.8 Å². The zero-order valence-electron chi connectivity index (χ0n) is 11.0. The second-order valence-electron chi connectivity index (χ2n) is 4.44. The smallest absolute Gasteiger partial charge is 0.255 e. The molecule has 0 aromatic heterocycles. The first-order chi connectivity index (χ1) is 9.49. The number of primary amides is 1. The van der Waals surface area contributed by atoms with Gasteiger partial charge in [0.05, 0.1) is 11.3 Å². The van der Waals surface area contributed by atoms with E-state index in [2.05, 4.69) is 5.32 Å². The lowest BCUT2D eigenvalue weighted by molar-refractivity contribution is 0.100. The molecular weight excluding hydrogens is 254 g/mol. The highest BCUT2D eigenvalue weighted by Crippen LogP contribution is 2.17. The molecule has 0 heterocycles. The van der Waals surface area contributed by atoms with E-state index < -0.39 is 5.91 Å². The Hall–Kier alpha value is -2.82. The second kappa shape index (κ2) is 5.44. The van der Waals surface area contributed by atoms with E-state index >= 15 is 0 Å². The molecule has 5 N–H and O–H groups in total. The zero-order valence-corrected chi connectivity index (χ0v) is 11.0. The van der Waals surface area contributed by atoms with E-state index in [1.807, 2.05) is 6.92 Å². The Bertz CT molecular complexity index is 681. The van der Waals surface area contributed by atoms with Crippen molar-refractivity contribution in [3.63, 3.8) is 0 Å². The van der Waals surface area contributed by atoms with Crippen molar-refractivity contribution in [1.29, 1.82) is 0 Å². The number of carbonyl (C=O) groups is 2. The summed E-state index contributed by atoms with van der Waals surface area (Å²) in [7, 11) is 0. The van der Waals surface area contributed by atoms with Crippen molar-refractivity contribution < 1.29 is 9.59 Å². The maximum Gasteiger partial charge on any atom is 0.255 e. The van der Waals surface area contributed by atoms with E-state index in [-0.39, 0.29) is 11.5 Å². The molecule has 2 aromatic rings. The van der Waals surface area contributed by atoms with Crippen LogP contribution >= 0.6 is 0 Å². The van der Waals surface area contributed by atoms with Gasteiger partial charge in [-0.3, -0.25) is 9.59 Å². The average molecular weight is 269 g/mol. The van der Waals surface area contributed by atoms with Gasteiger partial charge in [0.2, 0.25) is 0 Å². The highest BCUT2D eigenvalue weighted by molar-refractivity contribution is 6.09. The third kappa shape index (κ3) is 2.77. The third-order valence-electron chi connectivity index (χ3n) is 2.98. The van der Waals surface area contributed by atoms with Crippen molar-refractivity contribution in [1.82, 2.24) is 0 Å². The third-order valence-corrected chi connectivity index (χ3v) is 2.98. The van der Waals surface area contributed by atoms with Gasteiger partial charge in [-0.25, -0.2) is 0 Å². The molecule has 102 valence electrons. The van der Waals surface area contributed by atoms with Crippen molar-refractivity contribution in [2.45, 2.75) is 6.92 Å². The molecule has 0 spiro atoms. The topological polar surface area (TPSA) is 98.2 Å². The number of benzene rings is 2. The van der Waals surface area contributed by atoms with Crippen LogP contribution in [0.3, 0.4) is 0 Å². The standard InChI is InChI=1S/C15H15N3O2/c1-9-6-7-10(8-12(9)16)15(20)18-13-5-3-2-4-11(13)14(17)19/h2-8H,16H2,1H3,(H2,17,19)(H,18,20). The molecule has 0 saturated carbocycles. The Morgan fingerprint density at radius 1 is 1.10 bits per heavy atom. The number of amides is 2. The number of nitrogens with one attached hydrogen (secondary N) is 1. The molecule has 2 amide bonds. The minimum atomic E-state index is -0.593. The number of para-hydroxylation sites is 1. The molecular formula is C15H15N3O2. The highest BCUT2D eigenvalue weighted by Gasteiger charge is 2.12. The fraction of sp³-hybridized carbons (Fsp3) is 0.0667. The molecule has 0 saturated heterocycles. The van der Waals surface area contributed by atoms with Crippen LogP contribution in [0.2, 0.25) is 0 Å². The predicted octanol–water partition coefficient (Wildman–Crippen LogP) is 1.93. The maximum atomic E-state index is 12.1. The predicted molar refractivity (Wildman–Crippen MR) is 78.5 cm³/mol. The van der Waals surface area contributed by atoms with Crippen LogP contribution in [0.5, 0.6) is 0 Å². The Morgan fingerprint density at radius 2 is 1.80 bits per heavy atom. The van der Waals surface area contributed by atoms with Gasteiger partial charge in [0.15, 0.2) is 0 Å². The van der Waals surface area contributed by atoms with Crippen molar-refractivity contribution in [2.75, 3.05) is 11.1 Å². The molecule has 0 fully saturated rings. The Labute approximate surface area is 116 Å². The van der Waals surface area contributed by atoms with Crippen LogP contribution in [0, 0.1) is 6.92 Å². The van der Waals surface area contributed by atoms with Crippen LogP contribution in [0.4, 0.5) is 11.4 Å². The number of carbonyl (C=O) groups excluding carboxylic acids is 2. The minimum Gasteiger partial charge on any atom is -0.398 e. The van der Waals surface area contributed by atoms with E-state index in [1.165, 1.54) is 0 Å². The van der Waals surface area contributed by atoms with Crippen molar-refractivity contribution in [3.05, 3.63) is 59.2 Å². The molecule has 0 radical (unpaired) electrons. The molecule has 2 rings (SSSR count). The van der Waals surface area contributed by atoms with Crippen molar-refractivity contribution in [2.24, 2.45) is 5.73 Å². The molecule has 0 aliphatic heterocycles. The van der Waals surface area contributed by atoms with Gasteiger partial charge in [0.1, 0.15) is 0 Å². The summed E-state index contributed by atoms with van der Waals surface area (Å²) in [5.41, 5.74) is 13.6. The number of hydrogen-bond acceptors (Lipinski definition) is 3. The summed E-state index contributed by atoms with van der Waals surface area (Å²) in [5.74, 6) is -0.935. The normalized spacial score (nSPS) is 10.1. The lowest BCUT2D eigenvalue weighted by atomic mass is 10.1. The van der Waals surface area contributed by atoms with E-state index in [0.717, 1.165) is 5.56 Å². The van der Waals surface area contributed by atoms with Gasteiger partial charge in [0, 0.05) is 11.3 Å². The number of rotatable bonds is 3. The first kappa shape index (κ1) is 13.6. The van der Waals surface area contributed by atoms with Crippen LogP contribution in [0.15, 0.2) is 42.5 Å². The highest BCUT2D eigenvalue weighted by atomic mass is 16.2. The summed E-state index contributed by atoms with van der Waals surface area (Å²) in [4.78, 5) is 23.4. The van der Waals surface area contributed by atoms with Gasteiger partial charge in [-0.05, 0) is 36.8 Å². The molecule has 5 nitrogen and oxygen atoms in total. The number of nitrogens with two attached hydrogens (primary N) is 2. The second-order valence-corrected chi connectivity index (χ2v) is 4.44. The lowest BCUT2D eigenvalue weighted by Crippen LogP contribution is -2.18. The van der Waals surface area contributed by atoms with Gasteiger partial charge in [-0.15, -0.1) is 0 Å². The number of hydrogen-bond donors (Lipinski definition) is 3. The molecule has 0 aliphatic carbocycles. The molecule has 0 aliphatic rings. The SMILES string of the molecule is Cc1ccc(C(=O)Nc2ccccc2C(N)=O)cc1N. The Kier molecular flexibility index (Phi) is 3.70. The van der Waals surface area contributed by atoms with Crippen LogP contribution in [0.1, 0.15) is 26.3 Å². The molecule has 0 atom stereocenters. The minimum absolute atomic E-state index is 0.265. The average Bonchev–Trinajstić information content (AvgIpc) is 2.42. The molecule has 2 aromatic carbocycles. The van der Waals surface area contributed by atoms with Gasteiger partial charge >= 0.3 is 0 Å². The fourth-order valence-corrected chi connectivity index (χ4v) is 1.78. The summed E-state index contributed by atoms with van der Waals surface area (Å²) in [5, 5.41) is 2.66. The summed E-state index contributed by atoms with van der Waals surface area (Å²) in [6, 6.07) is 11.6. The van der Waals surface area contributed by atoms with Gasteiger partial charge in [-0.2, -0.15) is 0 Å². The fourth-order valence-electron chi connectivity index (χ4n) is 1.78. The van der Waals surface area contributed by atoms with Gasteiger partial charge < -0.3 is 16.8 Å². The molecule has 5 heteroatoms. The monoisotopic (exact) mass is 269 g/mol. The number of aryl methyl sites for hydroxylation is 1. The maximum absolute atomic E-state index is 12.1. The van der Waals surface area contributed by atoms with Crippen molar-refractivity contribution >= 4 is 23.2 Å². The van der Waals surface area contributed by atoms with Crippen molar-refractivity contribution in [3.8, 4) is 0 Å². The Morgan fingerprint density at radius 3 is 2.45 bits per heavy atom. The Balaban J connectivity index is 2.28. The van der Waals surface area contributed by atoms with Crippen LogP contribution in [-0.4, -0.2) is 11.8 Å². The largest absolute Gasteiger partial charge is 0.398 e. The van der Waals surface area contributed by atoms with Crippen LogP contribution in [0.25, 0.3) is 0 Å². The lowest BCUT2D eigenvalue weighted by Gasteiger charge is -2.09. The van der Waals surface area contributed by atoms with Gasteiger partial charge in [-0.1, -0.05) is 18.2 Å². The quantitative estimate of drug-likeness (QED) is 0.742. The summed E-state index contributed by atoms with van der Waals surface area (Å²) in [6.07, 6.45) is 0. The molecule has 0 bridgehead atoms. The summed E-state index contributed by atoms with van der Waals surface area (Å²) < 4.78 is 0.